The van der Waals surface area contributed by atoms with Gasteiger partial charge in [-0.1, -0.05) is 12.1 Å². The summed E-state index contributed by atoms with van der Waals surface area (Å²) in [6.07, 6.45) is 9.79. The largest absolute Gasteiger partial charge is 0.339 e. The van der Waals surface area contributed by atoms with Gasteiger partial charge in [-0.25, -0.2) is 0 Å². The highest BCUT2D eigenvalue weighted by molar-refractivity contribution is 4.99. The van der Waals surface area contributed by atoms with Crippen molar-refractivity contribution in [1.29, 1.82) is 0 Å². The first-order valence-electron chi connectivity index (χ1n) is 7.91. The molecule has 0 atom stereocenters. The van der Waals surface area contributed by atoms with Gasteiger partial charge in [-0.15, -0.1) is 0 Å². The summed E-state index contributed by atoms with van der Waals surface area (Å²) in [5.74, 6) is 3.16. The van der Waals surface area contributed by atoms with Gasteiger partial charge in [0.2, 0.25) is 5.89 Å². The van der Waals surface area contributed by atoms with Crippen LogP contribution in [0.15, 0.2) is 4.52 Å². The van der Waals surface area contributed by atoms with E-state index in [1.54, 1.807) is 0 Å². The minimum Gasteiger partial charge on any atom is -0.339 e. The van der Waals surface area contributed by atoms with Gasteiger partial charge in [0.05, 0.1) is 0 Å². The molecule has 19 heavy (non-hydrogen) atoms. The van der Waals surface area contributed by atoms with Crippen molar-refractivity contribution in [3.8, 4) is 0 Å². The van der Waals surface area contributed by atoms with Crippen molar-refractivity contribution >= 4 is 0 Å². The minimum absolute atomic E-state index is 0.500. The normalized spacial score (nSPS) is 27.6. The summed E-state index contributed by atoms with van der Waals surface area (Å²) in [6.45, 7) is 3.36. The van der Waals surface area contributed by atoms with Gasteiger partial charge in [0, 0.05) is 18.4 Å². The first kappa shape index (κ1) is 13.1. The summed E-state index contributed by atoms with van der Waals surface area (Å²) in [5.41, 5.74) is 0. The van der Waals surface area contributed by atoms with Crippen LogP contribution in [0.25, 0.3) is 0 Å². The van der Waals surface area contributed by atoms with Gasteiger partial charge in [0.15, 0.2) is 5.82 Å². The fraction of sp³-hybridized carbons (Fsp3) is 0.867. The lowest BCUT2D eigenvalue weighted by molar-refractivity contribution is 0.282. The molecule has 1 N–H and O–H groups in total. The van der Waals surface area contributed by atoms with Crippen LogP contribution in [0.4, 0.5) is 0 Å². The first-order valence-corrected chi connectivity index (χ1v) is 7.91. The zero-order valence-electron chi connectivity index (χ0n) is 11.9. The van der Waals surface area contributed by atoms with Crippen molar-refractivity contribution < 1.29 is 4.52 Å². The fourth-order valence-corrected chi connectivity index (χ4v) is 2.99. The summed E-state index contributed by atoms with van der Waals surface area (Å²) >= 11 is 0. The fourth-order valence-electron chi connectivity index (χ4n) is 2.99. The van der Waals surface area contributed by atoms with Crippen LogP contribution in [0.3, 0.4) is 0 Å². The van der Waals surface area contributed by atoms with E-state index in [0.717, 1.165) is 30.6 Å². The van der Waals surface area contributed by atoms with Crippen molar-refractivity contribution in [2.45, 2.75) is 70.3 Å². The number of aromatic nitrogens is 2. The number of hydrogen-bond donors (Lipinski definition) is 1. The Morgan fingerprint density at radius 2 is 1.95 bits per heavy atom. The number of hydrogen-bond acceptors (Lipinski definition) is 4. The molecule has 0 spiro atoms. The van der Waals surface area contributed by atoms with Gasteiger partial charge in [-0.2, -0.15) is 4.98 Å². The Morgan fingerprint density at radius 3 is 2.63 bits per heavy atom. The average Bonchev–Trinajstić information content (AvgIpc) is 3.13. The highest BCUT2D eigenvalue weighted by atomic mass is 16.5. The van der Waals surface area contributed by atoms with Crippen LogP contribution >= 0.6 is 0 Å². The molecule has 2 aliphatic rings. The Bertz CT molecular complexity index is 392. The molecule has 1 heterocycles. The van der Waals surface area contributed by atoms with Crippen molar-refractivity contribution in [2.24, 2.45) is 5.92 Å². The van der Waals surface area contributed by atoms with Gasteiger partial charge in [-0.05, 0) is 57.4 Å². The van der Waals surface area contributed by atoms with E-state index in [4.69, 9.17) is 4.52 Å². The predicted octanol–water partition coefficient (Wildman–Crippen LogP) is 3.05. The van der Waals surface area contributed by atoms with Gasteiger partial charge in [0.1, 0.15) is 0 Å². The van der Waals surface area contributed by atoms with Gasteiger partial charge in [0.25, 0.3) is 0 Å². The molecule has 4 heteroatoms. The van der Waals surface area contributed by atoms with E-state index < -0.39 is 0 Å². The highest BCUT2D eigenvalue weighted by Gasteiger charge is 2.28. The number of nitrogens with one attached hydrogen (secondary N) is 1. The lowest BCUT2D eigenvalue weighted by Gasteiger charge is -2.27. The van der Waals surface area contributed by atoms with Crippen LogP contribution in [0.5, 0.6) is 0 Å². The topological polar surface area (TPSA) is 51.0 Å². The summed E-state index contributed by atoms with van der Waals surface area (Å²) in [5, 5.41) is 7.75. The van der Waals surface area contributed by atoms with Crippen LogP contribution in [-0.4, -0.2) is 22.7 Å². The van der Waals surface area contributed by atoms with Crippen LogP contribution in [0.2, 0.25) is 0 Å². The molecule has 4 nitrogen and oxygen atoms in total. The highest BCUT2D eigenvalue weighted by Crippen LogP contribution is 2.34. The van der Waals surface area contributed by atoms with E-state index in [9.17, 15) is 0 Å². The van der Waals surface area contributed by atoms with Gasteiger partial charge < -0.3 is 9.84 Å². The smallest absolute Gasteiger partial charge is 0.229 e. The van der Waals surface area contributed by atoms with E-state index in [1.807, 2.05) is 0 Å². The molecule has 2 saturated carbocycles. The molecule has 0 saturated heterocycles. The van der Waals surface area contributed by atoms with E-state index in [1.165, 1.54) is 44.9 Å². The summed E-state index contributed by atoms with van der Waals surface area (Å²) in [4.78, 5) is 4.60. The van der Waals surface area contributed by atoms with Crippen LogP contribution in [0, 0.1) is 5.92 Å². The zero-order chi connectivity index (χ0) is 13.1. The quantitative estimate of drug-likeness (QED) is 0.857. The van der Waals surface area contributed by atoms with E-state index >= 15 is 0 Å². The monoisotopic (exact) mass is 263 g/mol. The van der Waals surface area contributed by atoms with Crippen LogP contribution in [-0.2, 0) is 6.42 Å². The first-order chi connectivity index (χ1) is 9.35. The molecule has 0 radical (unpaired) electrons. The number of rotatable bonds is 6. The maximum Gasteiger partial charge on any atom is 0.229 e. The summed E-state index contributed by atoms with van der Waals surface area (Å²) < 4.78 is 5.47. The van der Waals surface area contributed by atoms with Gasteiger partial charge >= 0.3 is 0 Å². The standard InChI is InChI=1S/C15H25N3O/c1-2-9-16-13-7-5-12(6-8-13)15-17-14(18-19-15)10-11-3-4-11/h11-13,16H,2-10H2,1H3. The summed E-state index contributed by atoms with van der Waals surface area (Å²) in [6, 6.07) is 0.699. The SMILES string of the molecule is CCCNC1CCC(c2nc(CC3CC3)no2)CC1. The maximum atomic E-state index is 5.47. The molecule has 0 aliphatic heterocycles. The molecule has 0 amide bonds. The lowest BCUT2D eigenvalue weighted by atomic mass is 9.86. The van der Waals surface area contributed by atoms with E-state index in [-0.39, 0.29) is 0 Å². The molecule has 0 unspecified atom stereocenters. The van der Waals surface area contributed by atoms with Crippen molar-refractivity contribution in [1.82, 2.24) is 15.5 Å². The van der Waals surface area contributed by atoms with E-state index in [0.29, 0.717) is 12.0 Å². The van der Waals surface area contributed by atoms with E-state index in [2.05, 4.69) is 22.4 Å². The Kier molecular flexibility index (Phi) is 4.16. The molecule has 3 rings (SSSR count). The number of nitrogens with zero attached hydrogens (tertiary/aromatic N) is 2. The average molecular weight is 263 g/mol. The predicted molar refractivity (Wildman–Crippen MR) is 74.0 cm³/mol. The van der Waals surface area contributed by atoms with Gasteiger partial charge in [-0.3, -0.25) is 0 Å². The Balaban J connectivity index is 1.48. The molecular formula is C15H25N3O. The Morgan fingerprint density at radius 1 is 1.16 bits per heavy atom. The molecule has 0 bridgehead atoms. The van der Waals surface area contributed by atoms with Crippen molar-refractivity contribution in [2.75, 3.05) is 6.54 Å². The molecule has 2 aliphatic carbocycles. The molecule has 106 valence electrons. The van der Waals surface area contributed by atoms with Crippen LogP contribution < -0.4 is 5.32 Å². The minimum atomic E-state index is 0.500. The Hall–Kier alpha value is -0.900. The second-order valence-corrected chi connectivity index (χ2v) is 6.20. The third kappa shape index (κ3) is 3.56. The van der Waals surface area contributed by atoms with Crippen molar-refractivity contribution in [3.63, 3.8) is 0 Å². The molecule has 1 aromatic heterocycles. The molecule has 1 aromatic rings. The second kappa shape index (κ2) is 6.04. The molecule has 0 aromatic carbocycles. The molecule has 2 fully saturated rings. The summed E-state index contributed by atoms with van der Waals surface area (Å²) in [7, 11) is 0. The van der Waals surface area contributed by atoms with Crippen LogP contribution in [0.1, 0.15) is 69.5 Å². The zero-order valence-corrected chi connectivity index (χ0v) is 11.9. The molecular weight excluding hydrogens is 238 g/mol. The van der Waals surface area contributed by atoms with Crippen molar-refractivity contribution in [3.05, 3.63) is 11.7 Å². The second-order valence-electron chi connectivity index (χ2n) is 6.20. The maximum absolute atomic E-state index is 5.47. The Labute approximate surface area is 115 Å². The third-order valence-corrected chi connectivity index (χ3v) is 4.41. The lowest BCUT2D eigenvalue weighted by Crippen LogP contribution is -2.33. The third-order valence-electron chi connectivity index (χ3n) is 4.41.